The van der Waals surface area contributed by atoms with Crippen molar-refractivity contribution in [2.24, 2.45) is 11.7 Å². The lowest BCUT2D eigenvalue weighted by molar-refractivity contribution is 0.229. The molecular weight excluding hydrogens is 381 g/mol. The van der Waals surface area contributed by atoms with Gasteiger partial charge in [0.2, 0.25) is 0 Å². The first kappa shape index (κ1) is 19.9. The number of halogens is 2. The summed E-state index contributed by atoms with van der Waals surface area (Å²) >= 11 is 12.6. The number of nitrogens with zero attached hydrogens (tertiary/aromatic N) is 2. The van der Waals surface area contributed by atoms with Gasteiger partial charge in [0.25, 0.3) is 0 Å². The molecule has 0 aliphatic carbocycles. The number of pyridine rings is 2. The molecule has 1 atom stereocenters. The molecule has 3 aromatic rings. The fourth-order valence-corrected chi connectivity index (χ4v) is 3.58. The van der Waals surface area contributed by atoms with Crippen LogP contribution in [0.4, 0.5) is 0 Å². The Morgan fingerprint density at radius 2 is 1.93 bits per heavy atom. The summed E-state index contributed by atoms with van der Waals surface area (Å²) in [5.41, 5.74) is 8.37. The number of ether oxygens (including phenoxy) is 1. The lowest BCUT2D eigenvalue weighted by Crippen LogP contribution is -2.35. The molecule has 2 N–H and O–H groups in total. The van der Waals surface area contributed by atoms with Gasteiger partial charge in [0.05, 0.1) is 29.0 Å². The first-order valence-corrected chi connectivity index (χ1v) is 9.60. The van der Waals surface area contributed by atoms with E-state index in [4.69, 9.17) is 33.7 Å². The number of fused-ring (bicyclic) bond motifs is 1. The minimum Gasteiger partial charge on any atom is -0.490 e. The van der Waals surface area contributed by atoms with Crippen LogP contribution >= 0.6 is 23.2 Å². The van der Waals surface area contributed by atoms with Gasteiger partial charge in [0, 0.05) is 27.7 Å². The quantitative estimate of drug-likeness (QED) is 0.569. The van der Waals surface area contributed by atoms with E-state index < -0.39 is 0 Å². The maximum Gasteiger partial charge on any atom is 0.156 e. The van der Waals surface area contributed by atoms with Crippen LogP contribution in [-0.2, 0) is 0 Å². The van der Waals surface area contributed by atoms with Gasteiger partial charge in [0.15, 0.2) is 5.75 Å². The molecule has 2 aromatic heterocycles. The van der Waals surface area contributed by atoms with E-state index in [9.17, 15) is 0 Å². The van der Waals surface area contributed by atoms with E-state index in [2.05, 4.69) is 16.9 Å². The molecule has 142 valence electrons. The smallest absolute Gasteiger partial charge is 0.156 e. The van der Waals surface area contributed by atoms with Crippen LogP contribution in [0.15, 0.2) is 42.7 Å². The van der Waals surface area contributed by atoms with Crippen molar-refractivity contribution >= 4 is 34.1 Å². The van der Waals surface area contributed by atoms with Gasteiger partial charge >= 0.3 is 0 Å². The van der Waals surface area contributed by atoms with Crippen molar-refractivity contribution in [2.45, 2.75) is 32.7 Å². The van der Waals surface area contributed by atoms with Crippen molar-refractivity contribution in [1.29, 1.82) is 0 Å². The highest BCUT2D eigenvalue weighted by atomic mass is 35.5. The van der Waals surface area contributed by atoms with E-state index in [1.807, 2.05) is 44.2 Å². The molecular formula is C21H23Cl2N3O. The maximum absolute atomic E-state index is 6.45. The predicted molar refractivity (Wildman–Crippen MR) is 113 cm³/mol. The van der Waals surface area contributed by atoms with Crippen LogP contribution in [0, 0.1) is 5.92 Å². The van der Waals surface area contributed by atoms with Crippen LogP contribution < -0.4 is 10.5 Å². The Hall–Kier alpha value is -1.88. The molecule has 0 aliphatic rings. The summed E-state index contributed by atoms with van der Waals surface area (Å²) in [6.07, 6.45) is 4.27. The summed E-state index contributed by atoms with van der Waals surface area (Å²) in [5, 5.41) is 2.10. The van der Waals surface area contributed by atoms with E-state index in [0.717, 1.165) is 28.6 Å². The van der Waals surface area contributed by atoms with Gasteiger partial charge in [-0.25, -0.2) is 0 Å². The Balaban J connectivity index is 1.82. The molecule has 0 bridgehead atoms. The summed E-state index contributed by atoms with van der Waals surface area (Å²) in [6.45, 7) is 6.67. The summed E-state index contributed by atoms with van der Waals surface area (Å²) in [6, 6.07) is 9.31. The lowest BCUT2D eigenvalue weighted by Gasteiger charge is -2.23. The fraction of sp³-hybridized carbons (Fsp3) is 0.333. The van der Waals surface area contributed by atoms with Gasteiger partial charge in [-0.15, -0.1) is 0 Å². The molecule has 1 unspecified atom stereocenters. The average Bonchev–Trinajstić information content (AvgIpc) is 2.58. The molecule has 27 heavy (non-hydrogen) atoms. The van der Waals surface area contributed by atoms with E-state index in [1.165, 1.54) is 0 Å². The number of rotatable bonds is 6. The molecule has 0 radical (unpaired) electrons. The van der Waals surface area contributed by atoms with Crippen molar-refractivity contribution in [3.63, 3.8) is 0 Å². The topological polar surface area (TPSA) is 61.0 Å². The Bertz CT molecular complexity index is 954. The van der Waals surface area contributed by atoms with E-state index in [1.54, 1.807) is 12.4 Å². The zero-order valence-electron chi connectivity index (χ0n) is 15.7. The third-order valence-electron chi connectivity index (χ3n) is 4.20. The second-order valence-corrected chi connectivity index (χ2v) is 8.47. The summed E-state index contributed by atoms with van der Waals surface area (Å²) in [7, 11) is 0. The van der Waals surface area contributed by atoms with Gasteiger partial charge in [-0.1, -0.05) is 30.1 Å². The SMILES string of the molecule is CC(COc1cnc(-c2ccnc3ccc(Cl)cc23)cc1Cl)CC(C)(C)N. The molecule has 2 heterocycles. The summed E-state index contributed by atoms with van der Waals surface area (Å²) in [5.74, 6) is 0.880. The van der Waals surface area contributed by atoms with Gasteiger partial charge in [-0.05, 0) is 56.5 Å². The van der Waals surface area contributed by atoms with Crippen molar-refractivity contribution in [3.05, 3.63) is 52.8 Å². The third-order valence-corrected chi connectivity index (χ3v) is 4.73. The second-order valence-electron chi connectivity index (χ2n) is 7.63. The minimum atomic E-state index is -0.224. The molecule has 6 heteroatoms. The standard InChI is InChI=1S/C21H23Cl2N3O/c1-13(10-21(2,3)24)12-27-20-11-26-19(9-17(20)23)15-6-7-25-18-5-4-14(22)8-16(15)18/h4-9,11,13H,10,12,24H2,1-3H3. The van der Waals surface area contributed by atoms with Crippen LogP contribution in [0.1, 0.15) is 27.2 Å². The molecule has 1 aromatic carbocycles. The number of hydrogen-bond donors (Lipinski definition) is 1. The van der Waals surface area contributed by atoms with Crippen molar-refractivity contribution in [2.75, 3.05) is 6.61 Å². The molecule has 4 nitrogen and oxygen atoms in total. The molecule has 0 fully saturated rings. The van der Waals surface area contributed by atoms with Crippen molar-refractivity contribution < 1.29 is 4.74 Å². The van der Waals surface area contributed by atoms with Crippen molar-refractivity contribution in [1.82, 2.24) is 9.97 Å². The molecule has 0 amide bonds. The van der Waals surface area contributed by atoms with Gasteiger partial charge in [0.1, 0.15) is 0 Å². The monoisotopic (exact) mass is 403 g/mol. The molecule has 0 aliphatic heterocycles. The summed E-state index contributed by atoms with van der Waals surface area (Å²) in [4.78, 5) is 8.91. The highest BCUT2D eigenvalue weighted by molar-refractivity contribution is 6.32. The highest BCUT2D eigenvalue weighted by Gasteiger charge is 2.17. The Morgan fingerprint density at radius 3 is 2.63 bits per heavy atom. The highest BCUT2D eigenvalue weighted by Crippen LogP contribution is 2.33. The van der Waals surface area contributed by atoms with Gasteiger partial charge in [-0.2, -0.15) is 0 Å². The molecule has 0 saturated heterocycles. The van der Waals surface area contributed by atoms with E-state index in [0.29, 0.717) is 28.3 Å². The molecule has 0 saturated carbocycles. The van der Waals surface area contributed by atoms with Crippen LogP contribution in [-0.4, -0.2) is 22.1 Å². The number of hydrogen-bond acceptors (Lipinski definition) is 4. The van der Waals surface area contributed by atoms with Gasteiger partial charge < -0.3 is 10.5 Å². The average molecular weight is 404 g/mol. The molecule has 3 rings (SSSR count). The predicted octanol–water partition coefficient (Wildman–Crippen LogP) is 5.75. The number of aromatic nitrogens is 2. The fourth-order valence-electron chi connectivity index (χ4n) is 3.20. The van der Waals surface area contributed by atoms with Crippen LogP contribution in [0.5, 0.6) is 5.75 Å². The minimum absolute atomic E-state index is 0.224. The third kappa shape index (κ3) is 5.10. The molecule has 0 spiro atoms. The first-order valence-electron chi connectivity index (χ1n) is 8.85. The largest absolute Gasteiger partial charge is 0.490 e. The van der Waals surface area contributed by atoms with Crippen LogP contribution in [0.25, 0.3) is 22.2 Å². The normalized spacial score (nSPS) is 13.0. The first-order chi connectivity index (χ1) is 12.7. The maximum atomic E-state index is 6.45. The Morgan fingerprint density at radius 1 is 1.15 bits per heavy atom. The van der Waals surface area contributed by atoms with E-state index >= 15 is 0 Å². The van der Waals surface area contributed by atoms with E-state index in [-0.39, 0.29) is 5.54 Å². The second kappa shape index (κ2) is 8.01. The van der Waals surface area contributed by atoms with Crippen LogP contribution in [0.2, 0.25) is 10.0 Å². The summed E-state index contributed by atoms with van der Waals surface area (Å²) < 4.78 is 5.86. The Kier molecular flexibility index (Phi) is 5.89. The zero-order valence-corrected chi connectivity index (χ0v) is 17.2. The zero-order chi connectivity index (χ0) is 19.6. The van der Waals surface area contributed by atoms with Crippen LogP contribution in [0.3, 0.4) is 0 Å². The number of benzene rings is 1. The lowest BCUT2D eigenvalue weighted by atomic mass is 9.93. The van der Waals surface area contributed by atoms with Crippen molar-refractivity contribution in [3.8, 4) is 17.0 Å². The van der Waals surface area contributed by atoms with Gasteiger partial charge in [-0.3, -0.25) is 9.97 Å². The number of nitrogens with two attached hydrogens (primary N) is 1. The Labute approximate surface area is 169 Å².